The zero-order valence-corrected chi connectivity index (χ0v) is 12.9. The van der Waals surface area contributed by atoms with Crippen molar-refractivity contribution in [1.29, 1.82) is 0 Å². The van der Waals surface area contributed by atoms with E-state index >= 15 is 0 Å². The van der Waals surface area contributed by atoms with Crippen LogP contribution >= 0.6 is 0 Å². The van der Waals surface area contributed by atoms with Crippen molar-refractivity contribution in [2.45, 2.75) is 25.0 Å². The normalized spacial score (nSPS) is 25.0. The summed E-state index contributed by atoms with van der Waals surface area (Å²) >= 11 is 0. The first-order valence-corrected chi connectivity index (χ1v) is 8.05. The van der Waals surface area contributed by atoms with E-state index in [0.717, 1.165) is 29.8 Å². The number of imidazole rings is 1. The van der Waals surface area contributed by atoms with Gasteiger partial charge in [-0.15, -0.1) is 0 Å². The minimum Gasteiger partial charge on any atom is -0.388 e. The number of fused-ring (bicyclic) bond motifs is 4. The van der Waals surface area contributed by atoms with Gasteiger partial charge < -0.3 is 9.67 Å². The van der Waals surface area contributed by atoms with E-state index in [0.29, 0.717) is 0 Å². The number of benzene rings is 1. The van der Waals surface area contributed by atoms with Crippen molar-refractivity contribution in [2.24, 2.45) is 13.0 Å². The molecule has 5 heteroatoms. The Morgan fingerprint density at radius 1 is 1.17 bits per heavy atom. The lowest BCUT2D eigenvalue weighted by Gasteiger charge is -2.33. The maximum atomic E-state index is 11.0. The van der Waals surface area contributed by atoms with Crippen LogP contribution in [-0.2, 0) is 13.5 Å². The number of aliphatic hydroxyl groups is 1. The van der Waals surface area contributed by atoms with Gasteiger partial charge in [0.15, 0.2) is 0 Å². The van der Waals surface area contributed by atoms with Crippen LogP contribution in [0.1, 0.15) is 35.4 Å². The van der Waals surface area contributed by atoms with Crippen molar-refractivity contribution < 1.29 is 5.11 Å². The number of rotatable bonds is 1. The molecule has 0 spiro atoms. The van der Waals surface area contributed by atoms with Crippen LogP contribution in [0.3, 0.4) is 0 Å². The molecule has 2 aromatic heterocycles. The summed E-state index contributed by atoms with van der Waals surface area (Å²) in [5, 5.41) is 15.3. The van der Waals surface area contributed by atoms with Crippen molar-refractivity contribution in [3.05, 3.63) is 59.8 Å². The number of hydrogen-bond donors (Lipinski definition) is 1. The first-order chi connectivity index (χ1) is 11.3. The molecule has 3 heterocycles. The summed E-state index contributed by atoms with van der Waals surface area (Å²) in [7, 11) is 1.95. The maximum Gasteiger partial charge on any atom is 0.0956 e. The molecular weight excluding hydrogens is 288 g/mol. The molecule has 116 valence electrons. The van der Waals surface area contributed by atoms with Crippen LogP contribution in [0.2, 0.25) is 0 Å². The van der Waals surface area contributed by atoms with Gasteiger partial charge in [0.1, 0.15) is 0 Å². The van der Waals surface area contributed by atoms with Gasteiger partial charge in [-0.1, -0.05) is 24.3 Å². The zero-order valence-electron chi connectivity index (χ0n) is 12.9. The van der Waals surface area contributed by atoms with Crippen LogP contribution in [0, 0.1) is 5.92 Å². The van der Waals surface area contributed by atoms with Gasteiger partial charge in [0.25, 0.3) is 0 Å². The van der Waals surface area contributed by atoms with Crippen LogP contribution < -0.4 is 0 Å². The predicted octanol–water partition coefficient (Wildman–Crippen LogP) is 2.48. The van der Waals surface area contributed by atoms with Gasteiger partial charge >= 0.3 is 0 Å². The fourth-order valence-electron chi connectivity index (χ4n) is 4.37. The number of aromatic nitrogens is 4. The van der Waals surface area contributed by atoms with Crippen molar-refractivity contribution in [3.63, 3.8) is 0 Å². The Kier molecular flexibility index (Phi) is 2.59. The second-order valence-corrected chi connectivity index (χ2v) is 6.54. The molecule has 1 N–H and O–H groups in total. The van der Waals surface area contributed by atoms with E-state index in [2.05, 4.69) is 38.9 Å². The molecule has 5 nitrogen and oxygen atoms in total. The summed E-state index contributed by atoms with van der Waals surface area (Å²) in [4.78, 5) is 4.33. The van der Waals surface area contributed by atoms with E-state index in [1.165, 1.54) is 11.1 Å². The van der Waals surface area contributed by atoms with Gasteiger partial charge in [-0.05, 0) is 18.4 Å². The molecule has 1 aliphatic carbocycles. The Morgan fingerprint density at radius 3 is 2.96 bits per heavy atom. The van der Waals surface area contributed by atoms with E-state index < -0.39 is 6.10 Å². The molecule has 0 unspecified atom stereocenters. The lowest BCUT2D eigenvalue weighted by Crippen LogP contribution is -2.28. The van der Waals surface area contributed by atoms with E-state index in [-0.39, 0.29) is 12.0 Å². The molecule has 0 saturated heterocycles. The lowest BCUT2D eigenvalue weighted by molar-refractivity contribution is 0.0713. The van der Waals surface area contributed by atoms with Crippen LogP contribution in [0.4, 0.5) is 0 Å². The fourth-order valence-corrected chi connectivity index (χ4v) is 4.37. The number of nitrogens with zero attached hydrogens (tertiary/aromatic N) is 4. The van der Waals surface area contributed by atoms with Gasteiger partial charge in [-0.25, -0.2) is 4.98 Å². The summed E-state index contributed by atoms with van der Waals surface area (Å²) in [6, 6.07) is 8.62. The van der Waals surface area contributed by atoms with Gasteiger partial charge in [-0.3, -0.25) is 4.68 Å². The van der Waals surface area contributed by atoms with Gasteiger partial charge in [-0.2, -0.15) is 5.10 Å². The average Bonchev–Trinajstić information content (AvgIpc) is 3.24. The Hall–Kier alpha value is -2.40. The molecule has 0 radical (unpaired) electrons. The monoisotopic (exact) mass is 306 g/mol. The molecule has 3 atom stereocenters. The number of hydrogen-bond acceptors (Lipinski definition) is 3. The first kappa shape index (κ1) is 13.1. The Morgan fingerprint density at radius 2 is 2.04 bits per heavy atom. The maximum absolute atomic E-state index is 11.0. The summed E-state index contributed by atoms with van der Waals surface area (Å²) < 4.78 is 4.11. The lowest BCUT2D eigenvalue weighted by atomic mass is 9.78. The third-order valence-corrected chi connectivity index (χ3v) is 5.46. The summed E-state index contributed by atoms with van der Waals surface area (Å²) in [6.07, 6.45) is 7.05. The zero-order chi connectivity index (χ0) is 15.6. The van der Waals surface area contributed by atoms with E-state index in [4.69, 9.17) is 0 Å². The Labute approximate surface area is 134 Å². The summed E-state index contributed by atoms with van der Waals surface area (Å²) in [6.45, 7) is 0. The number of aryl methyl sites for hydroxylation is 1. The standard InChI is InChI=1S/C18H18N4O/c1-21-15-7-6-13(18(23)14(15)8-20-21)17-12-5-3-2-4-11(12)16-9-19-10-22(16)17/h2-5,8-10,13,17-18,23H,6-7H2,1H3/t13-,17+,18-/m0/s1. The predicted molar refractivity (Wildman–Crippen MR) is 85.8 cm³/mol. The largest absolute Gasteiger partial charge is 0.388 e. The fraction of sp³-hybridized carbons (Fsp3) is 0.333. The topological polar surface area (TPSA) is 55.9 Å². The van der Waals surface area contributed by atoms with Gasteiger partial charge in [0.05, 0.1) is 36.6 Å². The average molecular weight is 306 g/mol. The van der Waals surface area contributed by atoms with E-state index in [9.17, 15) is 5.11 Å². The molecule has 5 rings (SSSR count). The van der Waals surface area contributed by atoms with Crippen molar-refractivity contribution in [3.8, 4) is 11.3 Å². The molecule has 3 aromatic rings. The molecule has 0 fully saturated rings. The van der Waals surface area contributed by atoms with Crippen molar-refractivity contribution >= 4 is 0 Å². The third kappa shape index (κ3) is 1.65. The smallest absolute Gasteiger partial charge is 0.0956 e. The highest BCUT2D eigenvalue weighted by Gasteiger charge is 2.41. The molecule has 0 amide bonds. The van der Waals surface area contributed by atoms with E-state index in [1.54, 1.807) is 0 Å². The molecule has 2 aliphatic rings. The molecular formula is C18H18N4O. The summed E-state index contributed by atoms with van der Waals surface area (Å²) in [5.41, 5.74) is 5.82. The number of aliphatic hydroxyl groups excluding tert-OH is 1. The molecule has 0 saturated carbocycles. The minimum atomic E-state index is -0.487. The minimum absolute atomic E-state index is 0.142. The van der Waals surface area contributed by atoms with Gasteiger partial charge in [0, 0.05) is 29.8 Å². The van der Waals surface area contributed by atoms with E-state index in [1.807, 2.05) is 30.5 Å². The Bertz CT molecular complexity index is 894. The highest BCUT2D eigenvalue weighted by atomic mass is 16.3. The van der Waals surface area contributed by atoms with Crippen molar-refractivity contribution in [1.82, 2.24) is 19.3 Å². The van der Waals surface area contributed by atoms with Crippen LogP contribution in [0.5, 0.6) is 0 Å². The SMILES string of the molecule is Cn1ncc2c1CC[C@@H]([C@H]1c3ccccc3-c3cncn31)[C@@H]2O. The molecule has 1 aromatic carbocycles. The molecule has 23 heavy (non-hydrogen) atoms. The van der Waals surface area contributed by atoms with Crippen LogP contribution in [-0.4, -0.2) is 24.4 Å². The highest BCUT2D eigenvalue weighted by Crippen LogP contribution is 2.49. The molecule has 1 aliphatic heterocycles. The quantitative estimate of drug-likeness (QED) is 0.751. The summed E-state index contributed by atoms with van der Waals surface area (Å²) in [5.74, 6) is 0.142. The second-order valence-electron chi connectivity index (χ2n) is 6.54. The Balaban J connectivity index is 1.63. The second kappa shape index (κ2) is 4.55. The van der Waals surface area contributed by atoms with Crippen molar-refractivity contribution in [2.75, 3.05) is 0 Å². The highest BCUT2D eigenvalue weighted by molar-refractivity contribution is 5.69. The van der Waals surface area contributed by atoms with Gasteiger partial charge in [0.2, 0.25) is 0 Å². The first-order valence-electron chi connectivity index (χ1n) is 8.05. The van der Waals surface area contributed by atoms with Crippen LogP contribution in [0.15, 0.2) is 43.0 Å². The van der Waals surface area contributed by atoms with Crippen LogP contribution in [0.25, 0.3) is 11.3 Å². The molecule has 0 bridgehead atoms. The third-order valence-electron chi connectivity index (χ3n) is 5.46.